The van der Waals surface area contributed by atoms with Crippen LogP contribution in [0.2, 0.25) is 0 Å². The summed E-state index contributed by atoms with van der Waals surface area (Å²) in [7, 11) is 0. The van der Waals surface area contributed by atoms with Crippen LogP contribution in [0.5, 0.6) is 0 Å². The quantitative estimate of drug-likeness (QED) is 0.677. The molecule has 5 nitrogen and oxygen atoms in total. The molecule has 0 saturated carbocycles. The number of carbonyl (C=O) groups is 1. The van der Waals surface area contributed by atoms with Gasteiger partial charge in [0.25, 0.3) is 0 Å². The van der Waals surface area contributed by atoms with Crippen molar-refractivity contribution in [2.24, 2.45) is 0 Å². The number of aromatic amines is 1. The van der Waals surface area contributed by atoms with Crippen LogP contribution in [0.4, 0.5) is 25.0 Å². The molecule has 1 heterocycles. The van der Waals surface area contributed by atoms with Crippen LogP contribution in [0.15, 0.2) is 53.5 Å². The Kier molecular flexibility index (Phi) is 3.76. The third kappa shape index (κ3) is 3.03. The van der Waals surface area contributed by atoms with Gasteiger partial charge in [0.1, 0.15) is 17.3 Å². The molecule has 23 heavy (non-hydrogen) atoms. The molecule has 0 aliphatic carbocycles. The molecule has 0 aliphatic rings. The number of aromatic nitrogens is 1. The average Bonchev–Trinajstić information content (AvgIpc) is 2.53. The number of fused-ring (bicyclic) bond motifs is 1. The maximum atomic E-state index is 13.5. The first kappa shape index (κ1) is 14.7. The zero-order valence-electron chi connectivity index (χ0n) is 11.7. The summed E-state index contributed by atoms with van der Waals surface area (Å²) in [6, 6.07) is 8.78. The normalized spacial score (nSPS) is 10.5. The van der Waals surface area contributed by atoms with Gasteiger partial charge in [0.05, 0.1) is 5.69 Å². The largest absolute Gasteiger partial charge is 0.359 e. The van der Waals surface area contributed by atoms with Crippen LogP contribution in [0.25, 0.3) is 10.9 Å². The van der Waals surface area contributed by atoms with E-state index in [1.807, 2.05) is 0 Å². The van der Waals surface area contributed by atoms with Crippen molar-refractivity contribution >= 4 is 28.3 Å². The monoisotopic (exact) mass is 315 g/mol. The second-order valence-corrected chi connectivity index (χ2v) is 4.78. The number of urea groups is 1. The number of hydrogen-bond acceptors (Lipinski definition) is 2. The van der Waals surface area contributed by atoms with Crippen LogP contribution in [0, 0.1) is 11.6 Å². The van der Waals surface area contributed by atoms with Gasteiger partial charge in [-0.3, -0.25) is 4.79 Å². The molecule has 0 saturated heterocycles. The summed E-state index contributed by atoms with van der Waals surface area (Å²) >= 11 is 0. The van der Waals surface area contributed by atoms with Crippen LogP contribution in [0.1, 0.15) is 0 Å². The molecule has 3 N–H and O–H groups in total. The number of carbonyl (C=O) groups excluding carboxylic acids is 1. The molecule has 3 rings (SSSR count). The fourth-order valence-electron chi connectivity index (χ4n) is 2.13. The second kappa shape index (κ2) is 5.88. The van der Waals surface area contributed by atoms with Crippen LogP contribution in [-0.4, -0.2) is 11.0 Å². The molecular weight excluding hydrogens is 304 g/mol. The van der Waals surface area contributed by atoms with Gasteiger partial charge in [-0.15, -0.1) is 0 Å². The Bertz CT molecular complexity index is 953. The zero-order chi connectivity index (χ0) is 16.4. The van der Waals surface area contributed by atoms with Gasteiger partial charge in [0.15, 0.2) is 0 Å². The highest BCUT2D eigenvalue weighted by Gasteiger charge is 2.11. The molecule has 3 aromatic rings. The number of H-pyrrole nitrogens is 1. The van der Waals surface area contributed by atoms with Crippen LogP contribution in [-0.2, 0) is 0 Å². The Labute approximate surface area is 129 Å². The minimum Gasteiger partial charge on any atom is -0.359 e. The van der Waals surface area contributed by atoms with Gasteiger partial charge in [0, 0.05) is 23.2 Å². The van der Waals surface area contributed by atoms with Gasteiger partial charge in [0.2, 0.25) is 5.43 Å². The number of amides is 2. The molecule has 2 amide bonds. The van der Waals surface area contributed by atoms with Crippen molar-refractivity contribution in [1.29, 1.82) is 0 Å². The van der Waals surface area contributed by atoms with Crippen LogP contribution in [0.3, 0.4) is 0 Å². The fourth-order valence-corrected chi connectivity index (χ4v) is 2.13. The van der Waals surface area contributed by atoms with Crippen molar-refractivity contribution in [3.05, 3.63) is 70.5 Å². The summed E-state index contributed by atoms with van der Waals surface area (Å²) in [5, 5.41) is 4.97. The molecule has 0 radical (unpaired) electrons. The lowest BCUT2D eigenvalue weighted by atomic mass is 10.2. The molecule has 2 aromatic carbocycles. The highest BCUT2D eigenvalue weighted by Crippen LogP contribution is 2.15. The standard InChI is InChI=1S/C16H11F2N3O2/c17-9-5-6-13(11(18)7-9)20-16(23)21-14-8-19-12-4-2-1-3-10(12)15(14)22/h1-8H,(H,19,22)(H2,20,21,23). The Morgan fingerprint density at radius 1 is 1.00 bits per heavy atom. The first-order valence-electron chi connectivity index (χ1n) is 6.68. The van der Waals surface area contributed by atoms with E-state index in [9.17, 15) is 18.4 Å². The molecule has 0 unspecified atom stereocenters. The van der Waals surface area contributed by atoms with E-state index in [-0.39, 0.29) is 16.8 Å². The maximum absolute atomic E-state index is 13.5. The lowest BCUT2D eigenvalue weighted by Gasteiger charge is -2.08. The molecule has 0 aliphatic heterocycles. The molecule has 0 atom stereocenters. The molecule has 0 fully saturated rings. The molecule has 1 aromatic heterocycles. The Morgan fingerprint density at radius 3 is 2.52 bits per heavy atom. The molecule has 7 heteroatoms. The maximum Gasteiger partial charge on any atom is 0.323 e. The lowest BCUT2D eigenvalue weighted by molar-refractivity contribution is 0.262. The van der Waals surface area contributed by atoms with E-state index >= 15 is 0 Å². The number of anilines is 2. The molecular formula is C16H11F2N3O2. The molecule has 0 spiro atoms. The predicted molar refractivity (Wildman–Crippen MR) is 83.6 cm³/mol. The minimum atomic E-state index is -0.910. The van der Waals surface area contributed by atoms with E-state index in [2.05, 4.69) is 15.6 Å². The predicted octanol–water partition coefficient (Wildman–Crippen LogP) is 3.45. The second-order valence-electron chi connectivity index (χ2n) is 4.78. The Morgan fingerprint density at radius 2 is 1.74 bits per heavy atom. The average molecular weight is 315 g/mol. The van der Waals surface area contributed by atoms with E-state index < -0.39 is 17.7 Å². The van der Waals surface area contributed by atoms with Crippen LogP contribution < -0.4 is 16.1 Å². The molecule has 116 valence electrons. The van der Waals surface area contributed by atoms with Gasteiger partial charge >= 0.3 is 6.03 Å². The number of hydrogen-bond donors (Lipinski definition) is 3. The van der Waals surface area contributed by atoms with Gasteiger partial charge in [-0.2, -0.15) is 0 Å². The number of pyridine rings is 1. The van der Waals surface area contributed by atoms with Crippen molar-refractivity contribution in [3.63, 3.8) is 0 Å². The topological polar surface area (TPSA) is 74.0 Å². The van der Waals surface area contributed by atoms with E-state index in [0.29, 0.717) is 17.0 Å². The number of para-hydroxylation sites is 1. The first-order valence-corrected chi connectivity index (χ1v) is 6.68. The van der Waals surface area contributed by atoms with Gasteiger partial charge < -0.3 is 15.6 Å². The SMILES string of the molecule is O=C(Nc1ccc(F)cc1F)Nc1c[nH]c2ccccc2c1=O. The summed E-state index contributed by atoms with van der Waals surface area (Å²) in [6.45, 7) is 0. The summed E-state index contributed by atoms with van der Waals surface area (Å²) in [5.74, 6) is -1.66. The highest BCUT2D eigenvalue weighted by molar-refractivity contribution is 6.00. The van der Waals surface area contributed by atoms with Gasteiger partial charge in [-0.05, 0) is 24.3 Å². The Hall–Kier alpha value is -3.22. The van der Waals surface area contributed by atoms with Crippen molar-refractivity contribution in [1.82, 2.24) is 4.98 Å². The van der Waals surface area contributed by atoms with Crippen LogP contribution >= 0.6 is 0 Å². The fraction of sp³-hybridized carbons (Fsp3) is 0. The highest BCUT2D eigenvalue weighted by atomic mass is 19.1. The van der Waals surface area contributed by atoms with E-state index in [4.69, 9.17) is 0 Å². The number of benzene rings is 2. The van der Waals surface area contributed by atoms with E-state index in [1.54, 1.807) is 24.3 Å². The smallest absolute Gasteiger partial charge is 0.323 e. The minimum absolute atomic E-state index is 0.0173. The number of halogens is 2. The van der Waals surface area contributed by atoms with Gasteiger partial charge in [-0.25, -0.2) is 13.6 Å². The summed E-state index contributed by atoms with van der Waals surface area (Å²) in [6.07, 6.45) is 1.35. The van der Waals surface area contributed by atoms with Crippen molar-refractivity contribution in [2.75, 3.05) is 10.6 Å². The number of nitrogens with one attached hydrogen (secondary N) is 3. The third-order valence-electron chi connectivity index (χ3n) is 3.22. The van der Waals surface area contributed by atoms with E-state index in [1.165, 1.54) is 6.20 Å². The Balaban J connectivity index is 1.83. The summed E-state index contributed by atoms with van der Waals surface area (Å²) < 4.78 is 26.3. The summed E-state index contributed by atoms with van der Waals surface area (Å²) in [5.41, 5.74) is 0.0898. The summed E-state index contributed by atoms with van der Waals surface area (Å²) in [4.78, 5) is 27.0. The van der Waals surface area contributed by atoms with Crippen molar-refractivity contribution < 1.29 is 13.6 Å². The van der Waals surface area contributed by atoms with Crippen molar-refractivity contribution in [2.45, 2.75) is 0 Å². The van der Waals surface area contributed by atoms with Gasteiger partial charge in [-0.1, -0.05) is 12.1 Å². The number of rotatable bonds is 2. The molecule has 0 bridgehead atoms. The van der Waals surface area contributed by atoms with E-state index in [0.717, 1.165) is 12.1 Å². The first-order chi connectivity index (χ1) is 11.0. The zero-order valence-corrected chi connectivity index (χ0v) is 11.7. The lowest BCUT2D eigenvalue weighted by Crippen LogP contribution is -2.24. The van der Waals surface area contributed by atoms with Crippen molar-refractivity contribution in [3.8, 4) is 0 Å². The third-order valence-corrected chi connectivity index (χ3v) is 3.22.